The van der Waals surface area contributed by atoms with Gasteiger partial charge in [-0.1, -0.05) is 0 Å². The van der Waals surface area contributed by atoms with E-state index in [1.165, 1.54) is 31.8 Å². The van der Waals surface area contributed by atoms with Crippen molar-refractivity contribution in [3.8, 4) is 0 Å². The molecule has 0 unspecified atom stereocenters. The molecule has 6 rings (SSSR count). The fourth-order valence-corrected chi connectivity index (χ4v) is 77.6. The second-order valence-corrected chi connectivity index (χ2v) is 55.8. The molecule has 0 atom stereocenters. The molecule has 5 heteroatoms. The monoisotopic (exact) mass is 790 g/mol. The fraction of sp³-hybridized carbons (Fsp3) is 0. The normalized spacial score (nSPS) is 13.3. The van der Waals surface area contributed by atoms with Gasteiger partial charge in [0.25, 0.3) is 0 Å². The summed E-state index contributed by atoms with van der Waals surface area (Å²) in [6, 6.07) is 67.9. The van der Waals surface area contributed by atoms with Crippen molar-refractivity contribution < 1.29 is 10.5 Å². The fourth-order valence-electron chi connectivity index (χ4n) is 5.81. The van der Waals surface area contributed by atoms with Crippen LogP contribution in [0.5, 0.6) is 0 Å². The molecule has 0 radical (unpaired) electrons. The summed E-state index contributed by atoms with van der Waals surface area (Å²) >= 11 is 9.68. The van der Waals surface area contributed by atoms with Crippen LogP contribution in [0.3, 0.4) is 0 Å². The van der Waals surface area contributed by atoms with Crippen LogP contribution in [0.1, 0.15) is 0 Å². The molecule has 41 heavy (non-hydrogen) atoms. The second kappa shape index (κ2) is 12.6. The van der Waals surface area contributed by atoms with Gasteiger partial charge >= 0.3 is 262 Å². The third kappa shape index (κ3) is 4.86. The first-order valence-electron chi connectivity index (χ1n) is 13.5. The summed E-state index contributed by atoms with van der Waals surface area (Å²) in [7, 11) is -2.99. The predicted molar refractivity (Wildman–Crippen MR) is 191 cm³/mol. The van der Waals surface area contributed by atoms with E-state index in [1.807, 2.05) is 0 Å². The zero-order valence-electron chi connectivity index (χ0n) is 22.4. The third-order valence-corrected chi connectivity index (χ3v) is 67.3. The van der Waals surface area contributed by atoms with Crippen LogP contribution in [0.4, 0.5) is 0 Å². The number of rotatable bonds is 8. The van der Waals surface area contributed by atoms with Crippen molar-refractivity contribution in [2.45, 2.75) is 0 Å². The molecule has 0 bridgehead atoms. The Morgan fingerprint density at radius 3 is 0.561 bits per heavy atom. The van der Waals surface area contributed by atoms with E-state index in [9.17, 15) is 0 Å². The van der Waals surface area contributed by atoms with Gasteiger partial charge in [-0.15, -0.1) is 0 Å². The van der Waals surface area contributed by atoms with Gasteiger partial charge in [0.15, 0.2) is 0 Å². The number of hydrogen-bond acceptors (Lipinski definition) is 0. The summed E-state index contributed by atoms with van der Waals surface area (Å²) < 4.78 is 0. The SMILES string of the molecule is [Br][Pd]([Br])([PH](c1ccccc1)(c1ccccc1)c1ccccc1)[PH](c1ccccc1)(c1ccccc1)c1ccccc1. The van der Waals surface area contributed by atoms with E-state index >= 15 is 0 Å². The molecule has 0 fully saturated rings. The van der Waals surface area contributed by atoms with Gasteiger partial charge in [0.2, 0.25) is 0 Å². The van der Waals surface area contributed by atoms with Crippen molar-refractivity contribution in [2.75, 3.05) is 0 Å². The third-order valence-electron chi connectivity index (χ3n) is 7.52. The number of hydrogen-bond donors (Lipinski definition) is 0. The summed E-state index contributed by atoms with van der Waals surface area (Å²) in [4.78, 5) is 0. The molecule has 0 saturated heterocycles. The molecule has 0 N–H and O–H groups in total. The van der Waals surface area contributed by atoms with Crippen LogP contribution in [0.25, 0.3) is 0 Å². The Labute approximate surface area is 260 Å². The number of benzene rings is 6. The van der Waals surface area contributed by atoms with E-state index in [4.69, 9.17) is 26.9 Å². The van der Waals surface area contributed by atoms with Crippen molar-refractivity contribution in [1.29, 1.82) is 0 Å². The quantitative estimate of drug-likeness (QED) is 0.108. The van der Waals surface area contributed by atoms with Gasteiger partial charge in [0.05, 0.1) is 0 Å². The molecule has 0 saturated carbocycles. The van der Waals surface area contributed by atoms with Gasteiger partial charge < -0.3 is 0 Å². The van der Waals surface area contributed by atoms with Crippen LogP contribution < -0.4 is 31.8 Å². The summed E-state index contributed by atoms with van der Waals surface area (Å²) in [5, 5.41) is 8.52. The predicted octanol–water partition coefficient (Wildman–Crippen LogP) is 8.04. The van der Waals surface area contributed by atoms with Crippen molar-refractivity contribution in [1.82, 2.24) is 0 Å². The maximum absolute atomic E-state index is 4.84. The first-order valence-corrected chi connectivity index (χ1v) is 28.9. The zero-order chi connectivity index (χ0) is 28.2. The molecule has 0 nitrogen and oxygen atoms in total. The standard InChI is InChI=1S/2C18H15P.2BrH.Pd/c2*1-4-10-16(11-5-1)19(17-12-6-2-7-13-17)18-14-8-3-9-15-18;;;/h2*1-15H;2*1H;. The summed E-state index contributed by atoms with van der Waals surface area (Å²) in [6.45, 7) is 0. The minimum atomic E-state index is -2.99. The van der Waals surface area contributed by atoms with Crippen LogP contribution in [-0.2, 0) is 10.5 Å². The van der Waals surface area contributed by atoms with Crippen LogP contribution in [0, 0.1) is 0 Å². The summed E-state index contributed by atoms with van der Waals surface area (Å²) in [6.07, 6.45) is 0. The van der Waals surface area contributed by atoms with Crippen LogP contribution in [-0.4, -0.2) is 0 Å². The van der Waals surface area contributed by atoms with E-state index in [2.05, 4.69) is 182 Å². The molecular weight excluding hydrogens is 761 g/mol. The van der Waals surface area contributed by atoms with Crippen LogP contribution >= 0.6 is 37.8 Å². The van der Waals surface area contributed by atoms with Gasteiger partial charge in [0, 0.05) is 0 Å². The summed E-state index contributed by atoms with van der Waals surface area (Å²) in [5.41, 5.74) is -5.58. The number of halogens is 2. The molecule has 0 aromatic heterocycles. The van der Waals surface area contributed by atoms with E-state index < -0.39 is 21.4 Å². The Balaban J connectivity index is 1.86. The Hall–Kier alpha value is -2.20. The van der Waals surface area contributed by atoms with Crippen molar-refractivity contribution in [3.63, 3.8) is 0 Å². The van der Waals surface area contributed by atoms with Crippen molar-refractivity contribution in [3.05, 3.63) is 182 Å². The van der Waals surface area contributed by atoms with Gasteiger partial charge in [-0.25, -0.2) is 0 Å². The average molecular weight is 793 g/mol. The van der Waals surface area contributed by atoms with Gasteiger partial charge in [-0.2, -0.15) is 0 Å². The molecule has 0 aliphatic carbocycles. The van der Waals surface area contributed by atoms with E-state index in [-0.39, 0.29) is 0 Å². The average Bonchev–Trinajstić information content (AvgIpc) is 3.05. The first kappa shape index (κ1) is 28.9. The Kier molecular flexibility index (Phi) is 8.87. The molecule has 0 aliphatic rings. The minimum absolute atomic E-state index is 1.42. The van der Waals surface area contributed by atoms with E-state index in [1.54, 1.807) is 0 Å². The van der Waals surface area contributed by atoms with Crippen LogP contribution in [0.2, 0.25) is 0 Å². The molecule has 0 amide bonds. The van der Waals surface area contributed by atoms with Gasteiger partial charge in [0.1, 0.15) is 0 Å². The molecule has 210 valence electrons. The molecule has 6 aromatic carbocycles. The Morgan fingerprint density at radius 2 is 0.415 bits per heavy atom. The van der Waals surface area contributed by atoms with Gasteiger partial charge in [-0.05, 0) is 0 Å². The topological polar surface area (TPSA) is 0 Å². The maximum atomic E-state index is 4.84. The van der Waals surface area contributed by atoms with E-state index in [0.717, 1.165) is 0 Å². The van der Waals surface area contributed by atoms with Crippen molar-refractivity contribution >= 4 is 69.6 Å². The van der Waals surface area contributed by atoms with Crippen LogP contribution in [0.15, 0.2) is 182 Å². The Morgan fingerprint density at radius 1 is 0.268 bits per heavy atom. The van der Waals surface area contributed by atoms with E-state index in [0.29, 0.717) is 0 Å². The second-order valence-electron chi connectivity index (χ2n) is 9.78. The molecule has 0 aliphatic heterocycles. The molecular formula is C36H32Br2P2Pd. The molecule has 6 aromatic rings. The zero-order valence-corrected chi connectivity index (χ0v) is 29.1. The van der Waals surface area contributed by atoms with Crippen molar-refractivity contribution in [2.24, 2.45) is 0 Å². The first-order chi connectivity index (χ1) is 20.1. The molecule has 0 heterocycles. The summed E-state index contributed by atoms with van der Waals surface area (Å²) in [5.74, 6) is 0. The van der Waals surface area contributed by atoms with Gasteiger partial charge in [-0.3, -0.25) is 0 Å². The Bertz CT molecular complexity index is 1360. The molecule has 0 spiro atoms.